The van der Waals surface area contributed by atoms with Crippen LogP contribution in [0.2, 0.25) is 5.02 Å². The average Bonchev–Trinajstić information content (AvgIpc) is 2.35. The SMILES string of the molecule is CC(C(=O)O)N(C)C(=O)C(C)(C)Oc1cccc(Cl)c1. The van der Waals surface area contributed by atoms with Crippen molar-refractivity contribution in [3.8, 4) is 5.75 Å². The summed E-state index contributed by atoms with van der Waals surface area (Å²) in [4.78, 5) is 24.4. The second-order valence-electron chi connectivity index (χ2n) is 5.00. The van der Waals surface area contributed by atoms with Crippen molar-refractivity contribution in [3.05, 3.63) is 29.3 Å². The van der Waals surface area contributed by atoms with E-state index in [1.807, 2.05) is 0 Å². The fourth-order valence-electron chi connectivity index (χ4n) is 1.64. The van der Waals surface area contributed by atoms with Crippen molar-refractivity contribution in [2.45, 2.75) is 32.4 Å². The zero-order valence-corrected chi connectivity index (χ0v) is 12.6. The Hall–Kier alpha value is -1.75. The average molecular weight is 300 g/mol. The summed E-state index contributed by atoms with van der Waals surface area (Å²) in [6, 6.07) is 5.76. The van der Waals surface area contributed by atoms with Gasteiger partial charge in [0.1, 0.15) is 11.8 Å². The standard InChI is InChI=1S/C14H18ClNO4/c1-9(12(17)18)16(4)13(19)14(2,3)20-11-7-5-6-10(15)8-11/h5-9H,1-4H3,(H,17,18). The number of likely N-dealkylation sites (N-methyl/N-ethyl adjacent to an activating group) is 1. The highest BCUT2D eigenvalue weighted by molar-refractivity contribution is 6.30. The van der Waals surface area contributed by atoms with E-state index in [9.17, 15) is 9.59 Å². The summed E-state index contributed by atoms with van der Waals surface area (Å²) in [5.41, 5.74) is -1.19. The van der Waals surface area contributed by atoms with Crippen LogP contribution in [0.15, 0.2) is 24.3 Å². The van der Waals surface area contributed by atoms with Gasteiger partial charge >= 0.3 is 5.97 Å². The molecule has 20 heavy (non-hydrogen) atoms. The summed E-state index contributed by atoms with van der Waals surface area (Å²) in [5, 5.41) is 9.44. The number of carboxylic acids is 1. The number of nitrogens with zero attached hydrogens (tertiary/aromatic N) is 1. The molecule has 0 heterocycles. The number of carbonyl (C=O) groups is 2. The van der Waals surface area contributed by atoms with E-state index in [4.69, 9.17) is 21.4 Å². The lowest BCUT2D eigenvalue weighted by molar-refractivity contribution is -0.154. The zero-order chi connectivity index (χ0) is 15.5. The molecule has 0 aliphatic carbocycles. The summed E-state index contributed by atoms with van der Waals surface area (Å²) in [5.74, 6) is -1.04. The Kier molecular flexibility index (Phi) is 5.00. The molecule has 1 aromatic rings. The predicted octanol–water partition coefficient (Wildman–Crippen LogP) is 2.43. The molecule has 0 aromatic heterocycles. The lowest BCUT2D eigenvalue weighted by Crippen LogP contribution is -2.52. The third kappa shape index (κ3) is 3.87. The second kappa shape index (κ2) is 6.13. The summed E-state index contributed by atoms with van der Waals surface area (Å²) >= 11 is 5.85. The van der Waals surface area contributed by atoms with Crippen molar-refractivity contribution in [2.24, 2.45) is 0 Å². The number of aliphatic carboxylic acids is 1. The molecule has 1 atom stereocenters. The van der Waals surface area contributed by atoms with Crippen LogP contribution in [0.1, 0.15) is 20.8 Å². The molecular formula is C14H18ClNO4. The van der Waals surface area contributed by atoms with Gasteiger partial charge in [0.05, 0.1) is 0 Å². The van der Waals surface area contributed by atoms with E-state index in [1.165, 1.54) is 14.0 Å². The lowest BCUT2D eigenvalue weighted by atomic mass is 10.1. The topological polar surface area (TPSA) is 66.8 Å². The Morgan fingerprint density at radius 2 is 2.00 bits per heavy atom. The van der Waals surface area contributed by atoms with Gasteiger partial charge in [-0.15, -0.1) is 0 Å². The molecule has 110 valence electrons. The minimum Gasteiger partial charge on any atom is -0.480 e. The summed E-state index contributed by atoms with van der Waals surface area (Å²) in [7, 11) is 1.43. The molecule has 0 aliphatic rings. The highest BCUT2D eigenvalue weighted by Crippen LogP contribution is 2.23. The quantitative estimate of drug-likeness (QED) is 0.907. The Morgan fingerprint density at radius 3 is 2.50 bits per heavy atom. The zero-order valence-electron chi connectivity index (χ0n) is 11.9. The second-order valence-corrected chi connectivity index (χ2v) is 5.44. The number of halogens is 1. The number of amides is 1. The largest absolute Gasteiger partial charge is 0.480 e. The van der Waals surface area contributed by atoms with Crippen LogP contribution >= 0.6 is 11.6 Å². The molecule has 6 heteroatoms. The van der Waals surface area contributed by atoms with Crippen molar-refractivity contribution in [2.75, 3.05) is 7.05 Å². The Bertz CT molecular complexity index is 516. The van der Waals surface area contributed by atoms with Crippen molar-refractivity contribution >= 4 is 23.5 Å². The van der Waals surface area contributed by atoms with E-state index in [1.54, 1.807) is 38.1 Å². The maximum absolute atomic E-state index is 12.3. The number of rotatable bonds is 5. The van der Waals surface area contributed by atoms with E-state index in [0.29, 0.717) is 10.8 Å². The maximum atomic E-state index is 12.3. The van der Waals surface area contributed by atoms with Gasteiger partial charge in [-0.1, -0.05) is 17.7 Å². The Morgan fingerprint density at radius 1 is 1.40 bits per heavy atom. The molecule has 0 bridgehead atoms. The third-order valence-electron chi connectivity index (χ3n) is 2.94. The molecule has 1 aromatic carbocycles. The molecule has 0 fully saturated rings. The van der Waals surface area contributed by atoms with Crippen molar-refractivity contribution < 1.29 is 19.4 Å². The van der Waals surface area contributed by atoms with Gasteiger partial charge < -0.3 is 14.7 Å². The van der Waals surface area contributed by atoms with E-state index in [0.717, 1.165) is 4.90 Å². The van der Waals surface area contributed by atoms with Gasteiger partial charge in [0.25, 0.3) is 5.91 Å². The minimum absolute atomic E-state index is 0.424. The third-order valence-corrected chi connectivity index (χ3v) is 3.18. The lowest BCUT2D eigenvalue weighted by Gasteiger charge is -2.32. The first-order valence-corrected chi connectivity index (χ1v) is 6.47. The first-order valence-electron chi connectivity index (χ1n) is 6.10. The van der Waals surface area contributed by atoms with E-state index >= 15 is 0 Å². The van der Waals surface area contributed by atoms with Gasteiger partial charge in [0.2, 0.25) is 0 Å². The number of ether oxygens (including phenoxy) is 1. The van der Waals surface area contributed by atoms with Gasteiger partial charge in [0, 0.05) is 12.1 Å². The summed E-state index contributed by atoms with van der Waals surface area (Å²) in [6.45, 7) is 4.61. The Balaban J connectivity index is 2.87. The van der Waals surface area contributed by atoms with Gasteiger partial charge in [-0.3, -0.25) is 4.79 Å². The van der Waals surface area contributed by atoms with Crippen LogP contribution in [0.5, 0.6) is 5.75 Å². The highest BCUT2D eigenvalue weighted by Gasteiger charge is 2.36. The van der Waals surface area contributed by atoms with Crippen LogP contribution in [0, 0.1) is 0 Å². The van der Waals surface area contributed by atoms with Crippen molar-refractivity contribution in [3.63, 3.8) is 0 Å². The first-order chi connectivity index (χ1) is 9.15. The molecule has 0 aliphatic heterocycles. The number of hydrogen-bond acceptors (Lipinski definition) is 3. The normalized spacial score (nSPS) is 12.7. The molecule has 0 spiro atoms. The molecule has 0 saturated heterocycles. The van der Waals surface area contributed by atoms with Crippen molar-refractivity contribution in [1.82, 2.24) is 4.90 Å². The fourth-order valence-corrected chi connectivity index (χ4v) is 1.82. The van der Waals surface area contributed by atoms with Crippen LogP contribution in [-0.4, -0.2) is 40.6 Å². The maximum Gasteiger partial charge on any atom is 0.326 e. The van der Waals surface area contributed by atoms with Gasteiger partial charge in [0.15, 0.2) is 5.60 Å². The van der Waals surface area contributed by atoms with Crippen LogP contribution in [-0.2, 0) is 9.59 Å². The molecule has 1 amide bonds. The van der Waals surface area contributed by atoms with Crippen LogP contribution < -0.4 is 4.74 Å². The minimum atomic E-state index is -1.19. The molecule has 1 N–H and O–H groups in total. The van der Waals surface area contributed by atoms with Gasteiger partial charge in [-0.25, -0.2) is 4.79 Å². The highest BCUT2D eigenvalue weighted by atomic mass is 35.5. The van der Waals surface area contributed by atoms with E-state index < -0.39 is 23.5 Å². The molecular weight excluding hydrogens is 282 g/mol. The smallest absolute Gasteiger partial charge is 0.326 e. The molecule has 0 radical (unpaired) electrons. The van der Waals surface area contributed by atoms with Gasteiger partial charge in [-0.05, 0) is 39.0 Å². The fraction of sp³-hybridized carbons (Fsp3) is 0.429. The van der Waals surface area contributed by atoms with E-state index in [2.05, 4.69) is 0 Å². The summed E-state index contributed by atoms with van der Waals surface area (Å²) < 4.78 is 5.63. The number of benzene rings is 1. The summed E-state index contributed by atoms with van der Waals surface area (Å²) in [6.07, 6.45) is 0. The number of hydrogen-bond donors (Lipinski definition) is 1. The molecule has 1 rings (SSSR count). The van der Waals surface area contributed by atoms with Crippen molar-refractivity contribution in [1.29, 1.82) is 0 Å². The van der Waals surface area contributed by atoms with Crippen LogP contribution in [0.4, 0.5) is 0 Å². The number of carboxylic acid groups (broad SMARTS) is 1. The predicted molar refractivity (Wildman–Crippen MR) is 76.0 cm³/mol. The first kappa shape index (κ1) is 16.3. The monoisotopic (exact) mass is 299 g/mol. The molecule has 1 unspecified atom stereocenters. The van der Waals surface area contributed by atoms with E-state index in [-0.39, 0.29) is 0 Å². The number of carbonyl (C=O) groups excluding carboxylic acids is 1. The molecule has 0 saturated carbocycles. The van der Waals surface area contributed by atoms with Crippen LogP contribution in [0.3, 0.4) is 0 Å². The van der Waals surface area contributed by atoms with Crippen LogP contribution in [0.25, 0.3) is 0 Å². The Labute approximate surface area is 123 Å². The molecule has 5 nitrogen and oxygen atoms in total. The van der Waals surface area contributed by atoms with Gasteiger partial charge in [-0.2, -0.15) is 0 Å².